The molecule has 8 heavy (non-hydrogen) atoms. The minimum absolute atomic E-state index is 0.127. The van der Waals surface area contributed by atoms with Crippen LogP contribution in [0.4, 0.5) is 0 Å². The van der Waals surface area contributed by atoms with Crippen LogP contribution in [0.25, 0.3) is 0 Å². The Kier molecular flexibility index (Phi) is 1.98. The quantitative estimate of drug-likeness (QED) is 0.195. The van der Waals surface area contributed by atoms with E-state index >= 15 is 0 Å². The van der Waals surface area contributed by atoms with Crippen LogP contribution in [-0.4, -0.2) is 31.6 Å². The topological polar surface area (TPSA) is 35.4 Å². The van der Waals surface area contributed by atoms with Crippen molar-refractivity contribution in [3.63, 3.8) is 0 Å². The number of hydrogen-bond acceptors (Lipinski definition) is 2. The summed E-state index contributed by atoms with van der Waals surface area (Å²) in [4.78, 5) is 0. The lowest BCUT2D eigenvalue weighted by Crippen LogP contribution is -2.31. The lowest BCUT2D eigenvalue weighted by molar-refractivity contribution is -0.878. The zero-order valence-corrected chi connectivity index (χ0v) is 5.80. The summed E-state index contributed by atoms with van der Waals surface area (Å²) >= 11 is 0. The van der Waals surface area contributed by atoms with Crippen LogP contribution in [-0.2, 0) is 0 Å². The van der Waals surface area contributed by atoms with Gasteiger partial charge in [0.1, 0.15) is 0 Å². The van der Waals surface area contributed by atoms with Gasteiger partial charge in [-0.2, -0.15) is 0 Å². The molecule has 0 aliphatic carbocycles. The Morgan fingerprint density at radius 1 is 1.38 bits per heavy atom. The van der Waals surface area contributed by atoms with Gasteiger partial charge in [0, 0.05) is 5.90 Å². The zero-order chi connectivity index (χ0) is 6.78. The van der Waals surface area contributed by atoms with Gasteiger partial charge in [-0.1, -0.05) is 0 Å². The summed E-state index contributed by atoms with van der Waals surface area (Å²) in [6, 6.07) is 0. The van der Waals surface area contributed by atoms with E-state index in [0.717, 1.165) is 0 Å². The minimum Gasteiger partial charge on any atom is -0.858 e. The van der Waals surface area contributed by atoms with Crippen LogP contribution in [0.3, 0.4) is 0 Å². The number of rotatable bonds is 1. The third-order valence-electron chi connectivity index (χ3n) is 0.441. The second-order valence-electron chi connectivity index (χ2n) is 2.56. The molecule has 0 saturated carbocycles. The summed E-state index contributed by atoms with van der Waals surface area (Å²) in [6.07, 6.45) is 0. The molecule has 3 heteroatoms. The zero-order valence-electron chi connectivity index (χ0n) is 5.80. The highest BCUT2D eigenvalue weighted by atomic mass is 16.3. The summed E-state index contributed by atoms with van der Waals surface area (Å²) < 4.78 is 0.356. The molecule has 0 atom stereocenters. The number of quaternary nitrogens is 1. The van der Waals surface area contributed by atoms with Crippen molar-refractivity contribution in [2.45, 2.75) is 6.92 Å². The Bertz CT molecular complexity index is 97.5. The molecule has 0 spiro atoms. The molecular weight excluding hydrogens is 104 g/mol. The van der Waals surface area contributed by atoms with Crippen molar-refractivity contribution in [1.29, 1.82) is 0 Å². The Labute approximate surface area is 49.8 Å². The molecule has 0 heterocycles. The second kappa shape index (κ2) is 2.13. The van der Waals surface area contributed by atoms with Crippen molar-refractivity contribution in [2.75, 3.05) is 21.1 Å². The second-order valence-corrected chi connectivity index (χ2v) is 2.56. The fourth-order valence-electron chi connectivity index (χ4n) is 0.422. The summed E-state index contributed by atoms with van der Waals surface area (Å²) in [6.45, 7) is 1.45. The van der Waals surface area contributed by atoms with Gasteiger partial charge in [0.2, 0.25) is 0 Å². The third-order valence-corrected chi connectivity index (χ3v) is 0.441. The minimum atomic E-state index is -0.127. The van der Waals surface area contributed by atoms with Crippen molar-refractivity contribution in [1.82, 2.24) is 0 Å². The van der Waals surface area contributed by atoms with Gasteiger partial charge >= 0.3 is 0 Å². The average Bonchev–Trinajstić information content (AvgIpc) is 1.21. The molecule has 0 aromatic carbocycles. The van der Waals surface area contributed by atoms with Crippen LogP contribution >= 0.6 is 0 Å². The van der Waals surface area contributed by atoms with Crippen molar-refractivity contribution in [2.24, 2.45) is 5.10 Å². The maximum Gasteiger partial charge on any atom is 0.0923 e. The van der Waals surface area contributed by atoms with E-state index in [1.165, 1.54) is 6.92 Å². The van der Waals surface area contributed by atoms with Crippen LogP contribution in [0.2, 0.25) is 0 Å². The molecule has 0 radical (unpaired) electrons. The molecule has 48 valence electrons. The molecule has 3 nitrogen and oxygen atoms in total. The highest BCUT2D eigenvalue weighted by molar-refractivity contribution is 5.67. The van der Waals surface area contributed by atoms with Gasteiger partial charge in [0.25, 0.3) is 0 Å². The molecule has 0 fully saturated rings. The fourth-order valence-corrected chi connectivity index (χ4v) is 0.422. The first-order valence-corrected chi connectivity index (χ1v) is 2.47. The maximum atomic E-state index is 10.3. The van der Waals surface area contributed by atoms with Gasteiger partial charge in [-0.15, -0.1) is 5.10 Å². The SMILES string of the molecule is C/C([O-])=N/[N+](C)(C)C. The molecule has 0 N–H and O–H groups in total. The highest BCUT2D eigenvalue weighted by Gasteiger charge is 1.99. The van der Waals surface area contributed by atoms with E-state index in [4.69, 9.17) is 0 Å². The van der Waals surface area contributed by atoms with E-state index < -0.39 is 0 Å². The first-order chi connectivity index (χ1) is 3.42. The smallest absolute Gasteiger partial charge is 0.0923 e. The van der Waals surface area contributed by atoms with Crippen LogP contribution in [0, 0.1) is 0 Å². The lowest BCUT2D eigenvalue weighted by Gasteiger charge is -2.17. The van der Waals surface area contributed by atoms with E-state index in [1.807, 2.05) is 21.1 Å². The van der Waals surface area contributed by atoms with Crippen LogP contribution < -0.4 is 5.11 Å². The summed E-state index contributed by atoms with van der Waals surface area (Å²) in [5.74, 6) is -0.127. The van der Waals surface area contributed by atoms with Gasteiger partial charge in [-0.05, 0) is 6.92 Å². The summed E-state index contributed by atoms with van der Waals surface area (Å²) in [5, 5.41) is 14.0. The van der Waals surface area contributed by atoms with Gasteiger partial charge in [-0.25, -0.2) is 4.59 Å². The summed E-state index contributed by atoms with van der Waals surface area (Å²) in [5.41, 5.74) is 0. The maximum absolute atomic E-state index is 10.3. The fraction of sp³-hybridized carbons (Fsp3) is 0.800. The average molecular weight is 116 g/mol. The molecule has 0 saturated heterocycles. The molecule has 0 amide bonds. The molecule has 0 bridgehead atoms. The van der Waals surface area contributed by atoms with Crippen molar-refractivity contribution < 1.29 is 9.70 Å². The van der Waals surface area contributed by atoms with Gasteiger partial charge < -0.3 is 5.11 Å². The van der Waals surface area contributed by atoms with E-state index in [0.29, 0.717) is 4.59 Å². The molecule has 0 aromatic rings. The standard InChI is InChI=1S/C5H12N2O/c1-5(8)6-7(2,3)4/h1-4H3. The highest BCUT2D eigenvalue weighted by Crippen LogP contribution is 1.88. The van der Waals surface area contributed by atoms with Crippen LogP contribution in [0.5, 0.6) is 0 Å². The van der Waals surface area contributed by atoms with Crippen LogP contribution in [0.1, 0.15) is 6.92 Å². The Morgan fingerprint density at radius 3 is 1.75 bits per heavy atom. The largest absolute Gasteiger partial charge is 0.858 e. The summed E-state index contributed by atoms with van der Waals surface area (Å²) in [7, 11) is 5.50. The van der Waals surface area contributed by atoms with Crippen LogP contribution in [0.15, 0.2) is 5.10 Å². The number of hydrogen-bond donors (Lipinski definition) is 0. The molecular formula is C5H12N2O. The molecule has 0 unspecified atom stereocenters. The van der Waals surface area contributed by atoms with E-state index in [-0.39, 0.29) is 5.90 Å². The number of nitrogens with zero attached hydrogens (tertiary/aromatic N) is 2. The van der Waals surface area contributed by atoms with Gasteiger partial charge in [-0.3, -0.25) is 0 Å². The monoisotopic (exact) mass is 116 g/mol. The Balaban J connectivity index is 3.89. The van der Waals surface area contributed by atoms with Crippen molar-refractivity contribution in [3.8, 4) is 0 Å². The van der Waals surface area contributed by atoms with Crippen molar-refractivity contribution >= 4 is 5.90 Å². The van der Waals surface area contributed by atoms with Gasteiger partial charge in [0.15, 0.2) is 0 Å². The van der Waals surface area contributed by atoms with Crippen molar-refractivity contribution in [3.05, 3.63) is 0 Å². The predicted molar refractivity (Wildman–Crippen MR) is 31.1 cm³/mol. The van der Waals surface area contributed by atoms with E-state index in [9.17, 15) is 5.11 Å². The third kappa shape index (κ3) is 5.43. The molecule has 0 aliphatic rings. The molecule has 0 aromatic heterocycles. The van der Waals surface area contributed by atoms with E-state index in [2.05, 4.69) is 5.10 Å². The lowest BCUT2D eigenvalue weighted by atomic mass is 10.8. The van der Waals surface area contributed by atoms with Gasteiger partial charge in [0.05, 0.1) is 21.1 Å². The van der Waals surface area contributed by atoms with E-state index in [1.54, 1.807) is 0 Å². The Hall–Kier alpha value is -0.570. The molecule has 0 aliphatic heterocycles. The first-order valence-electron chi connectivity index (χ1n) is 2.47. The molecule has 0 rings (SSSR count). The predicted octanol–water partition coefficient (Wildman–Crippen LogP) is -0.614. The Morgan fingerprint density at radius 2 is 1.75 bits per heavy atom. The normalized spacial score (nSPS) is 14.2. The first kappa shape index (κ1) is 7.43.